The van der Waals surface area contributed by atoms with E-state index in [1.165, 1.54) is 12.1 Å². The SMILES string of the molecule is Cc1cccc(OCC(=O)NCc2cccc(C(=O)O)c2)c1C. The van der Waals surface area contributed by atoms with Gasteiger partial charge in [0.15, 0.2) is 6.61 Å². The lowest BCUT2D eigenvalue weighted by molar-refractivity contribution is -0.123. The highest BCUT2D eigenvalue weighted by Gasteiger charge is 2.07. The van der Waals surface area contributed by atoms with Gasteiger partial charge in [-0.3, -0.25) is 4.79 Å². The van der Waals surface area contributed by atoms with Gasteiger partial charge in [0.2, 0.25) is 0 Å². The molecule has 0 saturated heterocycles. The molecule has 2 N–H and O–H groups in total. The lowest BCUT2D eigenvalue weighted by Gasteiger charge is -2.11. The standard InChI is InChI=1S/C18H19NO4/c1-12-5-3-8-16(13(12)2)23-11-17(20)19-10-14-6-4-7-15(9-14)18(21)22/h3-9H,10-11H2,1-2H3,(H,19,20)(H,21,22). The molecule has 0 aliphatic heterocycles. The second-order valence-electron chi connectivity index (χ2n) is 5.27. The highest BCUT2D eigenvalue weighted by molar-refractivity contribution is 5.87. The third kappa shape index (κ3) is 4.57. The molecule has 0 atom stereocenters. The predicted molar refractivity (Wildman–Crippen MR) is 86.7 cm³/mol. The Balaban J connectivity index is 1.87. The number of carbonyl (C=O) groups excluding carboxylic acids is 1. The Morgan fingerprint density at radius 3 is 2.61 bits per heavy atom. The van der Waals surface area contributed by atoms with Crippen LogP contribution >= 0.6 is 0 Å². The van der Waals surface area contributed by atoms with E-state index in [-0.39, 0.29) is 24.6 Å². The maximum atomic E-state index is 11.9. The molecule has 0 fully saturated rings. The van der Waals surface area contributed by atoms with Gasteiger partial charge in [-0.25, -0.2) is 4.79 Å². The van der Waals surface area contributed by atoms with Crippen LogP contribution in [0, 0.1) is 13.8 Å². The molecule has 2 rings (SSSR count). The van der Waals surface area contributed by atoms with Crippen molar-refractivity contribution < 1.29 is 19.4 Å². The van der Waals surface area contributed by atoms with E-state index in [4.69, 9.17) is 9.84 Å². The highest BCUT2D eigenvalue weighted by Crippen LogP contribution is 2.20. The monoisotopic (exact) mass is 313 g/mol. The summed E-state index contributed by atoms with van der Waals surface area (Å²) in [5.74, 6) is -0.559. The zero-order chi connectivity index (χ0) is 16.8. The first kappa shape index (κ1) is 16.5. The van der Waals surface area contributed by atoms with Crippen LogP contribution in [0.4, 0.5) is 0 Å². The van der Waals surface area contributed by atoms with Crippen molar-refractivity contribution in [3.63, 3.8) is 0 Å². The number of carboxylic acid groups (broad SMARTS) is 1. The minimum atomic E-state index is -0.989. The summed E-state index contributed by atoms with van der Waals surface area (Å²) in [7, 11) is 0. The fraction of sp³-hybridized carbons (Fsp3) is 0.222. The van der Waals surface area contributed by atoms with Crippen molar-refractivity contribution in [1.29, 1.82) is 0 Å². The maximum Gasteiger partial charge on any atom is 0.335 e. The summed E-state index contributed by atoms with van der Waals surface area (Å²) in [5.41, 5.74) is 3.04. The summed E-state index contributed by atoms with van der Waals surface area (Å²) < 4.78 is 5.52. The molecular weight excluding hydrogens is 294 g/mol. The number of carboxylic acids is 1. The number of rotatable bonds is 6. The summed E-state index contributed by atoms with van der Waals surface area (Å²) >= 11 is 0. The lowest BCUT2D eigenvalue weighted by Crippen LogP contribution is -2.28. The first-order valence-electron chi connectivity index (χ1n) is 7.25. The lowest BCUT2D eigenvalue weighted by atomic mass is 10.1. The molecule has 5 nitrogen and oxygen atoms in total. The van der Waals surface area contributed by atoms with E-state index in [0.29, 0.717) is 5.75 Å². The van der Waals surface area contributed by atoms with Crippen LogP contribution in [0.1, 0.15) is 27.0 Å². The van der Waals surface area contributed by atoms with E-state index in [2.05, 4.69) is 5.32 Å². The number of ether oxygens (including phenoxy) is 1. The Morgan fingerprint density at radius 1 is 1.13 bits per heavy atom. The average molecular weight is 313 g/mol. The van der Waals surface area contributed by atoms with Crippen LogP contribution in [-0.2, 0) is 11.3 Å². The van der Waals surface area contributed by atoms with E-state index in [9.17, 15) is 9.59 Å². The molecule has 0 bridgehead atoms. The van der Waals surface area contributed by atoms with Crippen LogP contribution in [-0.4, -0.2) is 23.6 Å². The number of aryl methyl sites for hydroxylation is 1. The molecule has 2 aromatic rings. The summed E-state index contributed by atoms with van der Waals surface area (Å²) in [6.07, 6.45) is 0. The van der Waals surface area contributed by atoms with Crippen molar-refractivity contribution in [3.8, 4) is 5.75 Å². The van der Waals surface area contributed by atoms with Gasteiger partial charge >= 0.3 is 5.97 Å². The Bertz CT molecular complexity index is 725. The molecule has 0 heterocycles. The second kappa shape index (κ2) is 7.45. The van der Waals surface area contributed by atoms with Gasteiger partial charge in [-0.1, -0.05) is 24.3 Å². The Hall–Kier alpha value is -2.82. The molecule has 120 valence electrons. The van der Waals surface area contributed by atoms with E-state index < -0.39 is 5.97 Å². The third-order valence-corrected chi connectivity index (χ3v) is 3.58. The highest BCUT2D eigenvalue weighted by atomic mass is 16.5. The molecular formula is C18H19NO4. The van der Waals surface area contributed by atoms with Gasteiger partial charge in [-0.2, -0.15) is 0 Å². The number of aromatic carboxylic acids is 1. The van der Waals surface area contributed by atoms with Crippen LogP contribution in [0.3, 0.4) is 0 Å². The smallest absolute Gasteiger partial charge is 0.335 e. The number of hydrogen-bond donors (Lipinski definition) is 2. The van der Waals surface area contributed by atoms with E-state index in [0.717, 1.165) is 16.7 Å². The third-order valence-electron chi connectivity index (χ3n) is 3.58. The quantitative estimate of drug-likeness (QED) is 0.860. The van der Waals surface area contributed by atoms with E-state index in [1.54, 1.807) is 12.1 Å². The van der Waals surface area contributed by atoms with Gasteiger partial charge in [-0.05, 0) is 48.7 Å². The predicted octanol–water partition coefficient (Wildman–Crippen LogP) is 2.70. The molecule has 0 aliphatic carbocycles. The van der Waals surface area contributed by atoms with Gasteiger partial charge in [0.05, 0.1) is 5.56 Å². The molecule has 1 amide bonds. The molecule has 2 aromatic carbocycles. The molecule has 5 heteroatoms. The Labute approximate surface area is 134 Å². The van der Waals surface area contributed by atoms with Crippen LogP contribution in [0.2, 0.25) is 0 Å². The van der Waals surface area contributed by atoms with Crippen molar-refractivity contribution >= 4 is 11.9 Å². The van der Waals surface area contributed by atoms with Gasteiger partial charge < -0.3 is 15.2 Å². The number of benzene rings is 2. The van der Waals surface area contributed by atoms with Crippen LogP contribution in [0.15, 0.2) is 42.5 Å². The summed E-state index contributed by atoms with van der Waals surface area (Å²) in [4.78, 5) is 22.8. The molecule has 0 spiro atoms. The molecule has 0 aliphatic rings. The minimum absolute atomic E-state index is 0.0804. The van der Waals surface area contributed by atoms with Crippen molar-refractivity contribution in [2.45, 2.75) is 20.4 Å². The van der Waals surface area contributed by atoms with Crippen molar-refractivity contribution in [1.82, 2.24) is 5.32 Å². The largest absolute Gasteiger partial charge is 0.483 e. The molecule has 0 aromatic heterocycles. The topological polar surface area (TPSA) is 75.6 Å². The van der Waals surface area contributed by atoms with Gasteiger partial charge in [-0.15, -0.1) is 0 Å². The van der Waals surface area contributed by atoms with Crippen LogP contribution in [0.5, 0.6) is 5.75 Å². The molecule has 0 saturated carbocycles. The Morgan fingerprint density at radius 2 is 1.87 bits per heavy atom. The van der Waals surface area contributed by atoms with Crippen molar-refractivity contribution in [2.24, 2.45) is 0 Å². The number of nitrogens with one attached hydrogen (secondary N) is 1. The average Bonchev–Trinajstić information content (AvgIpc) is 2.54. The van der Waals surface area contributed by atoms with Crippen LogP contribution in [0.25, 0.3) is 0 Å². The van der Waals surface area contributed by atoms with Crippen LogP contribution < -0.4 is 10.1 Å². The summed E-state index contributed by atoms with van der Waals surface area (Å²) in [6.45, 7) is 4.11. The van der Waals surface area contributed by atoms with E-state index in [1.807, 2.05) is 32.0 Å². The number of hydrogen-bond acceptors (Lipinski definition) is 3. The normalized spacial score (nSPS) is 10.2. The maximum absolute atomic E-state index is 11.9. The Kier molecular flexibility index (Phi) is 5.36. The minimum Gasteiger partial charge on any atom is -0.483 e. The molecule has 0 unspecified atom stereocenters. The van der Waals surface area contributed by atoms with Gasteiger partial charge in [0.1, 0.15) is 5.75 Å². The fourth-order valence-electron chi connectivity index (χ4n) is 2.09. The first-order valence-corrected chi connectivity index (χ1v) is 7.25. The zero-order valence-electron chi connectivity index (χ0n) is 13.1. The zero-order valence-corrected chi connectivity index (χ0v) is 13.1. The van der Waals surface area contributed by atoms with Crippen molar-refractivity contribution in [3.05, 3.63) is 64.7 Å². The number of amides is 1. The van der Waals surface area contributed by atoms with Gasteiger partial charge in [0.25, 0.3) is 5.91 Å². The van der Waals surface area contributed by atoms with E-state index >= 15 is 0 Å². The summed E-state index contributed by atoms with van der Waals surface area (Å²) in [6, 6.07) is 12.2. The number of carbonyl (C=O) groups is 2. The summed E-state index contributed by atoms with van der Waals surface area (Å²) in [5, 5.41) is 11.7. The fourth-order valence-corrected chi connectivity index (χ4v) is 2.09. The molecule has 0 radical (unpaired) electrons. The van der Waals surface area contributed by atoms with Gasteiger partial charge in [0, 0.05) is 6.54 Å². The molecule has 23 heavy (non-hydrogen) atoms. The van der Waals surface area contributed by atoms with Crippen molar-refractivity contribution in [2.75, 3.05) is 6.61 Å². The first-order chi connectivity index (χ1) is 11.0. The second-order valence-corrected chi connectivity index (χ2v) is 5.27.